The first-order chi connectivity index (χ1) is 14.0. The van der Waals surface area contributed by atoms with E-state index >= 15 is 0 Å². The monoisotopic (exact) mass is 397 g/mol. The van der Waals surface area contributed by atoms with Crippen LogP contribution in [-0.4, -0.2) is 35.7 Å². The number of unbranched alkanes of at least 4 members (excludes halogenated alkanes) is 2. The van der Waals surface area contributed by atoms with Crippen molar-refractivity contribution in [2.75, 3.05) is 19.0 Å². The molecule has 1 aromatic heterocycles. The van der Waals surface area contributed by atoms with Crippen molar-refractivity contribution < 1.29 is 23.8 Å². The Morgan fingerprint density at radius 2 is 2.00 bits per heavy atom. The maximum atomic E-state index is 12.0. The van der Waals surface area contributed by atoms with E-state index in [0.717, 1.165) is 18.4 Å². The predicted molar refractivity (Wildman–Crippen MR) is 109 cm³/mol. The number of amides is 2. The smallest absolute Gasteiger partial charge is 0.319 e. The van der Waals surface area contributed by atoms with Crippen LogP contribution in [0.3, 0.4) is 0 Å². The van der Waals surface area contributed by atoms with Crippen molar-refractivity contribution in [3.63, 3.8) is 0 Å². The fraction of sp³-hybridized carbons (Fsp3) is 0.286. The summed E-state index contributed by atoms with van der Waals surface area (Å²) in [6.45, 7) is 0.484. The number of hydrogen-bond acceptors (Lipinski definition) is 5. The number of hydrogen-bond donors (Lipinski definition) is 3. The quantitative estimate of drug-likeness (QED) is 0.465. The second kappa shape index (κ2) is 9.59. The van der Waals surface area contributed by atoms with Gasteiger partial charge in [0.2, 0.25) is 5.89 Å². The maximum Gasteiger partial charge on any atom is 0.319 e. The van der Waals surface area contributed by atoms with Crippen LogP contribution in [-0.2, 0) is 4.79 Å². The SMILES string of the molecule is COc1ccc2oc(-c3cccc(NC(=O)NCCCCCC(=O)O)c3)nc2c1. The molecule has 3 rings (SSSR count). The first-order valence-corrected chi connectivity index (χ1v) is 9.37. The maximum absolute atomic E-state index is 12.0. The summed E-state index contributed by atoms with van der Waals surface area (Å²) in [5.74, 6) is 0.358. The Morgan fingerprint density at radius 1 is 1.14 bits per heavy atom. The summed E-state index contributed by atoms with van der Waals surface area (Å²) in [5, 5.41) is 14.1. The summed E-state index contributed by atoms with van der Waals surface area (Å²) in [7, 11) is 1.60. The number of aromatic nitrogens is 1. The molecule has 1 heterocycles. The van der Waals surface area contributed by atoms with Gasteiger partial charge < -0.3 is 24.9 Å². The van der Waals surface area contributed by atoms with Crippen LogP contribution in [0.5, 0.6) is 5.75 Å². The number of oxazole rings is 1. The highest BCUT2D eigenvalue weighted by atomic mass is 16.5. The van der Waals surface area contributed by atoms with E-state index in [1.165, 1.54) is 0 Å². The molecule has 2 aromatic carbocycles. The van der Waals surface area contributed by atoms with Crippen molar-refractivity contribution in [1.82, 2.24) is 10.3 Å². The van der Waals surface area contributed by atoms with Gasteiger partial charge in [-0.2, -0.15) is 0 Å². The highest BCUT2D eigenvalue weighted by Crippen LogP contribution is 2.28. The van der Waals surface area contributed by atoms with Crippen LogP contribution in [0.15, 0.2) is 46.9 Å². The first kappa shape index (κ1) is 20.2. The van der Waals surface area contributed by atoms with Crippen molar-refractivity contribution in [3.05, 3.63) is 42.5 Å². The van der Waals surface area contributed by atoms with Gasteiger partial charge in [-0.25, -0.2) is 9.78 Å². The fourth-order valence-electron chi connectivity index (χ4n) is 2.84. The van der Waals surface area contributed by atoms with Gasteiger partial charge in [-0.1, -0.05) is 12.5 Å². The third-order valence-electron chi connectivity index (χ3n) is 4.32. The number of carboxylic acids is 1. The Hall–Kier alpha value is -3.55. The van der Waals surface area contributed by atoms with E-state index in [2.05, 4.69) is 15.6 Å². The van der Waals surface area contributed by atoms with Gasteiger partial charge in [-0.15, -0.1) is 0 Å². The van der Waals surface area contributed by atoms with Crippen LogP contribution in [0.4, 0.5) is 10.5 Å². The molecule has 8 nitrogen and oxygen atoms in total. The Balaban J connectivity index is 1.57. The molecule has 0 unspecified atom stereocenters. The van der Waals surface area contributed by atoms with Crippen molar-refractivity contribution in [3.8, 4) is 17.2 Å². The number of carbonyl (C=O) groups is 2. The van der Waals surface area contributed by atoms with Crippen molar-refractivity contribution in [1.29, 1.82) is 0 Å². The lowest BCUT2D eigenvalue weighted by Crippen LogP contribution is -2.29. The van der Waals surface area contributed by atoms with Crippen LogP contribution in [0.2, 0.25) is 0 Å². The predicted octanol–water partition coefficient (Wildman–Crippen LogP) is 4.27. The van der Waals surface area contributed by atoms with Gasteiger partial charge in [0.15, 0.2) is 5.58 Å². The van der Waals surface area contributed by atoms with Crippen LogP contribution < -0.4 is 15.4 Å². The molecule has 3 aromatic rings. The molecule has 0 aliphatic heterocycles. The van der Waals surface area contributed by atoms with Gasteiger partial charge >= 0.3 is 12.0 Å². The number of carbonyl (C=O) groups excluding carboxylic acids is 1. The summed E-state index contributed by atoms with van der Waals surface area (Å²) in [6.07, 6.45) is 2.25. The van der Waals surface area contributed by atoms with Crippen LogP contribution in [0.1, 0.15) is 25.7 Å². The molecule has 0 radical (unpaired) electrons. The van der Waals surface area contributed by atoms with E-state index < -0.39 is 5.97 Å². The van der Waals surface area contributed by atoms with Crippen molar-refractivity contribution in [2.24, 2.45) is 0 Å². The van der Waals surface area contributed by atoms with Gasteiger partial charge in [0, 0.05) is 30.3 Å². The van der Waals surface area contributed by atoms with Gasteiger partial charge in [0.1, 0.15) is 11.3 Å². The normalized spacial score (nSPS) is 10.7. The number of nitrogens with zero attached hydrogens (tertiary/aromatic N) is 1. The minimum absolute atomic E-state index is 0.154. The van der Waals surface area contributed by atoms with E-state index in [-0.39, 0.29) is 12.5 Å². The zero-order valence-corrected chi connectivity index (χ0v) is 16.1. The number of ether oxygens (including phenoxy) is 1. The molecule has 0 spiro atoms. The van der Waals surface area contributed by atoms with Crippen LogP contribution in [0.25, 0.3) is 22.6 Å². The fourth-order valence-corrected chi connectivity index (χ4v) is 2.84. The molecule has 152 valence electrons. The number of urea groups is 1. The van der Waals surface area contributed by atoms with Gasteiger partial charge in [0.25, 0.3) is 0 Å². The Kier molecular flexibility index (Phi) is 6.67. The molecular formula is C21H23N3O5. The lowest BCUT2D eigenvalue weighted by atomic mass is 10.2. The molecule has 8 heteroatoms. The highest BCUT2D eigenvalue weighted by Gasteiger charge is 2.10. The molecule has 2 amide bonds. The van der Waals surface area contributed by atoms with Gasteiger partial charge in [-0.3, -0.25) is 4.79 Å². The number of carboxylic acid groups (broad SMARTS) is 1. The summed E-state index contributed by atoms with van der Waals surface area (Å²) >= 11 is 0. The molecule has 0 saturated carbocycles. The lowest BCUT2D eigenvalue weighted by Gasteiger charge is -2.08. The second-order valence-corrected chi connectivity index (χ2v) is 6.52. The number of benzene rings is 2. The average Bonchev–Trinajstić information content (AvgIpc) is 3.14. The van der Waals surface area contributed by atoms with Crippen molar-refractivity contribution in [2.45, 2.75) is 25.7 Å². The molecule has 0 aliphatic carbocycles. The van der Waals surface area contributed by atoms with Gasteiger partial charge in [0.05, 0.1) is 7.11 Å². The molecule has 0 saturated heterocycles. The van der Waals surface area contributed by atoms with E-state index in [9.17, 15) is 9.59 Å². The molecule has 0 fully saturated rings. The summed E-state index contributed by atoms with van der Waals surface area (Å²) in [5.41, 5.74) is 2.70. The number of rotatable bonds is 9. The summed E-state index contributed by atoms with van der Waals surface area (Å²) < 4.78 is 11.0. The van der Waals surface area contributed by atoms with Gasteiger partial charge in [-0.05, 0) is 43.2 Å². The van der Waals surface area contributed by atoms with E-state index in [1.54, 1.807) is 37.4 Å². The number of nitrogens with one attached hydrogen (secondary N) is 2. The van der Waals surface area contributed by atoms with E-state index in [0.29, 0.717) is 41.4 Å². The van der Waals surface area contributed by atoms with Crippen molar-refractivity contribution >= 4 is 28.8 Å². The molecular weight excluding hydrogens is 374 g/mol. The highest BCUT2D eigenvalue weighted by molar-refractivity contribution is 5.90. The number of aliphatic carboxylic acids is 1. The summed E-state index contributed by atoms with van der Waals surface area (Å²) in [4.78, 5) is 27.0. The molecule has 3 N–H and O–H groups in total. The Labute approximate surface area is 167 Å². The number of anilines is 1. The third kappa shape index (κ3) is 5.71. The zero-order valence-electron chi connectivity index (χ0n) is 16.1. The minimum atomic E-state index is -0.798. The van der Waals surface area contributed by atoms with Crippen LogP contribution >= 0.6 is 0 Å². The van der Waals surface area contributed by atoms with E-state index in [4.69, 9.17) is 14.3 Å². The Morgan fingerprint density at radius 3 is 2.79 bits per heavy atom. The molecule has 0 aliphatic rings. The zero-order chi connectivity index (χ0) is 20.6. The Bertz CT molecular complexity index is 999. The average molecular weight is 397 g/mol. The molecule has 29 heavy (non-hydrogen) atoms. The first-order valence-electron chi connectivity index (χ1n) is 9.37. The van der Waals surface area contributed by atoms with E-state index in [1.807, 2.05) is 12.1 Å². The second-order valence-electron chi connectivity index (χ2n) is 6.52. The number of methoxy groups -OCH3 is 1. The number of fused-ring (bicyclic) bond motifs is 1. The summed E-state index contributed by atoms with van der Waals surface area (Å²) in [6, 6.07) is 12.3. The molecule has 0 atom stereocenters. The van der Waals surface area contributed by atoms with Crippen LogP contribution in [0, 0.1) is 0 Å². The molecule has 0 bridgehead atoms. The largest absolute Gasteiger partial charge is 0.497 e. The third-order valence-corrected chi connectivity index (χ3v) is 4.32. The minimum Gasteiger partial charge on any atom is -0.497 e. The lowest BCUT2D eigenvalue weighted by molar-refractivity contribution is -0.137. The standard InChI is InChI=1S/C21H23N3O5/c1-28-16-9-10-18-17(13-16)24-20(29-18)14-6-5-7-15(12-14)23-21(27)22-11-4-2-3-8-19(25)26/h5-7,9-10,12-13H,2-4,8,11H2,1H3,(H,25,26)(H2,22,23,27). The topological polar surface area (TPSA) is 114 Å².